The number of carbonyl (C=O) groups is 1. The zero-order chi connectivity index (χ0) is 20.1. The average Bonchev–Trinajstić information content (AvgIpc) is 2.60. The number of hydrogen-bond donors (Lipinski definition) is 0. The summed E-state index contributed by atoms with van der Waals surface area (Å²) in [5.41, 5.74) is 1.18. The number of esters is 1. The average molecular weight is 393 g/mol. The molecule has 0 amide bonds. The van der Waals surface area contributed by atoms with Crippen LogP contribution in [0.2, 0.25) is 18.1 Å². The zero-order valence-electron chi connectivity index (χ0n) is 17.8. The van der Waals surface area contributed by atoms with Crippen LogP contribution in [-0.2, 0) is 25.3 Å². The lowest BCUT2D eigenvalue weighted by atomic mass is 9.83. The first-order valence-electron chi connectivity index (χ1n) is 10.0. The number of methoxy groups -OCH3 is 1. The summed E-state index contributed by atoms with van der Waals surface area (Å²) in [5.74, 6) is 0.179. The van der Waals surface area contributed by atoms with Crippen LogP contribution in [0.25, 0.3) is 0 Å². The number of hydrogen-bond acceptors (Lipinski definition) is 4. The van der Waals surface area contributed by atoms with Gasteiger partial charge in [0.1, 0.15) is 0 Å². The topological polar surface area (TPSA) is 44.8 Å². The van der Waals surface area contributed by atoms with Crippen LogP contribution < -0.4 is 0 Å². The molecule has 1 aliphatic carbocycles. The molecule has 0 unspecified atom stereocenters. The fourth-order valence-corrected chi connectivity index (χ4v) is 4.69. The van der Waals surface area contributed by atoms with Gasteiger partial charge in [0.25, 0.3) is 0 Å². The highest BCUT2D eigenvalue weighted by molar-refractivity contribution is 6.74. The summed E-state index contributed by atoms with van der Waals surface area (Å²) in [4.78, 5) is 11.7. The van der Waals surface area contributed by atoms with E-state index >= 15 is 0 Å². The van der Waals surface area contributed by atoms with Crippen molar-refractivity contribution in [3.8, 4) is 0 Å². The van der Waals surface area contributed by atoms with Crippen LogP contribution in [0.5, 0.6) is 0 Å². The van der Waals surface area contributed by atoms with Gasteiger partial charge in [-0.15, -0.1) is 0 Å². The minimum absolute atomic E-state index is 0.0398. The molecule has 1 aromatic rings. The van der Waals surface area contributed by atoms with E-state index in [1.165, 1.54) is 12.7 Å². The van der Waals surface area contributed by atoms with Crippen LogP contribution in [0.3, 0.4) is 0 Å². The van der Waals surface area contributed by atoms with E-state index in [4.69, 9.17) is 13.9 Å². The van der Waals surface area contributed by atoms with Crippen molar-refractivity contribution in [1.82, 2.24) is 0 Å². The summed E-state index contributed by atoms with van der Waals surface area (Å²) in [5, 5.41) is 0.145. The van der Waals surface area contributed by atoms with E-state index in [-0.39, 0.29) is 23.2 Å². The van der Waals surface area contributed by atoms with E-state index in [1.54, 1.807) is 0 Å². The minimum Gasteiger partial charge on any atom is -0.469 e. The predicted octanol–water partition coefficient (Wildman–Crippen LogP) is 5.33. The van der Waals surface area contributed by atoms with Crippen molar-refractivity contribution in [1.29, 1.82) is 0 Å². The van der Waals surface area contributed by atoms with Crippen molar-refractivity contribution >= 4 is 14.3 Å². The number of rotatable bonds is 7. The molecular formula is C22H36O4Si. The van der Waals surface area contributed by atoms with Gasteiger partial charge in [-0.25, -0.2) is 0 Å². The van der Waals surface area contributed by atoms with E-state index in [9.17, 15) is 4.79 Å². The largest absolute Gasteiger partial charge is 0.469 e. The Kier molecular flexibility index (Phi) is 7.66. The maximum atomic E-state index is 11.7. The lowest BCUT2D eigenvalue weighted by molar-refractivity contribution is -0.143. The smallest absolute Gasteiger partial charge is 0.305 e. The first-order valence-corrected chi connectivity index (χ1v) is 12.9. The highest BCUT2D eigenvalue weighted by atomic mass is 28.4. The highest BCUT2D eigenvalue weighted by Crippen LogP contribution is 2.41. The summed E-state index contributed by atoms with van der Waals surface area (Å²) < 4.78 is 17.9. The van der Waals surface area contributed by atoms with Crippen LogP contribution in [0.15, 0.2) is 30.3 Å². The van der Waals surface area contributed by atoms with Gasteiger partial charge in [-0.05, 0) is 48.9 Å². The van der Waals surface area contributed by atoms with Crippen molar-refractivity contribution < 1.29 is 18.7 Å². The Morgan fingerprint density at radius 1 is 1.11 bits per heavy atom. The number of benzene rings is 1. The fourth-order valence-electron chi connectivity index (χ4n) is 3.34. The first kappa shape index (κ1) is 22.1. The van der Waals surface area contributed by atoms with Gasteiger partial charge >= 0.3 is 5.97 Å². The molecule has 0 radical (unpaired) electrons. The van der Waals surface area contributed by atoms with Gasteiger partial charge in [0.2, 0.25) is 0 Å². The first-order chi connectivity index (χ1) is 12.6. The van der Waals surface area contributed by atoms with Gasteiger partial charge in [0.15, 0.2) is 8.32 Å². The SMILES string of the molecule is COC(=O)C[C@H]1CC[C@H](OCc2ccccc2)[C@H](O[Si](C)(C)C(C)(C)C)C1. The molecule has 0 aliphatic heterocycles. The summed E-state index contributed by atoms with van der Waals surface area (Å²) >= 11 is 0. The Morgan fingerprint density at radius 2 is 1.78 bits per heavy atom. The van der Waals surface area contributed by atoms with Gasteiger partial charge in [-0.2, -0.15) is 0 Å². The van der Waals surface area contributed by atoms with Crippen LogP contribution in [0.1, 0.15) is 52.0 Å². The third kappa shape index (κ3) is 6.44. The molecule has 0 N–H and O–H groups in total. The van der Waals surface area contributed by atoms with E-state index < -0.39 is 8.32 Å². The van der Waals surface area contributed by atoms with Crippen molar-refractivity contribution in [2.45, 2.75) is 83.4 Å². The van der Waals surface area contributed by atoms with Crippen molar-refractivity contribution in [3.63, 3.8) is 0 Å². The van der Waals surface area contributed by atoms with Crippen molar-refractivity contribution in [3.05, 3.63) is 35.9 Å². The Bertz CT molecular complexity index is 594. The molecule has 0 saturated heterocycles. The molecule has 0 aromatic heterocycles. The lowest BCUT2D eigenvalue weighted by Gasteiger charge is -2.44. The quantitative estimate of drug-likeness (QED) is 0.465. The molecule has 5 heteroatoms. The van der Waals surface area contributed by atoms with Gasteiger partial charge in [-0.1, -0.05) is 51.1 Å². The van der Waals surface area contributed by atoms with Crippen LogP contribution >= 0.6 is 0 Å². The zero-order valence-corrected chi connectivity index (χ0v) is 18.8. The van der Waals surface area contributed by atoms with Gasteiger partial charge in [0, 0.05) is 6.42 Å². The molecular weight excluding hydrogens is 356 g/mol. The number of ether oxygens (including phenoxy) is 2. The molecule has 152 valence electrons. The fraction of sp³-hybridized carbons (Fsp3) is 0.682. The van der Waals surface area contributed by atoms with E-state index in [1.807, 2.05) is 18.2 Å². The molecule has 3 atom stereocenters. The highest BCUT2D eigenvalue weighted by Gasteiger charge is 2.43. The summed E-state index contributed by atoms with van der Waals surface area (Å²) in [7, 11) is -0.458. The molecule has 1 fully saturated rings. The third-order valence-corrected chi connectivity index (χ3v) is 10.6. The second-order valence-electron chi connectivity index (χ2n) is 9.21. The van der Waals surface area contributed by atoms with Crippen LogP contribution in [-0.4, -0.2) is 33.6 Å². The maximum absolute atomic E-state index is 11.7. The summed E-state index contributed by atoms with van der Waals surface area (Å²) in [6.07, 6.45) is 3.35. The Balaban J connectivity index is 2.07. The van der Waals surface area contributed by atoms with E-state index in [0.29, 0.717) is 18.9 Å². The van der Waals surface area contributed by atoms with Crippen molar-refractivity contribution in [2.75, 3.05) is 7.11 Å². The minimum atomic E-state index is -1.92. The number of carbonyl (C=O) groups excluding carboxylic acids is 1. The standard InChI is InChI=1S/C22H36O4Si/c1-22(2,3)27(5,6)26-20-14-18(15-21(23)24-4)12-13-19(20)25-16-17-10-8-7-9-11-17/h7-11,18-20H,12-16H2,1-6H3/t18-,19-,20+/m0/s1. The van der Waals surface area contributed by atoms with Crippen LogP contribution in [0.4, 0.5) is 0 Å². The maximum Gasteiger partial charge on any atom is 0.305 e. The summed E-state index contributed by atoms with van der Waals surface area (Å²) in [6, 6.07) is 10.3. The molecule has 1 aliphatic rings. The van der Waals surface area contributed by atoms with E-state index in [2.05, 4.69) is 46.0 Å². The molecule has 0 heterocycles. The van der Waals surface area contributed by atoms with Crippen LogP contribution in [0, 0.1) is 5.92 Å². The molecule has 1 saturated carbocycles. The molecule has 27 heavy (non-hydrogen) atoms. The van der Waals surface area contributed by atoms with E-state index in [0.717, 1.165) is 19.3 Å². The molecule has 0 bridgehead atoms. The van der Waals surface area contributed by atoms with Gasteiger partial charge < -0.3 is 13.9 Å². The lowest BCUT2D eigenvalue weighted by Crippen LogP contribution is -2.49. The Labute approximate surface area is 165 Å². The predicted molar refractivity (Wildman–Crippen MR) is 111 cm³/mol. The Morgan fingerprint density at radius 3 is 2.37 bits per heavy atom. The third-order valence-electron chi connectivity index (χ3n) is 6.08. The second-order valence-corrected chi connectivity index (χ2v) is 14.0. The normalized spacial score (nSPS) is 23.9. The molecule has 1 aromatic carbocycles. The van der Waals surface area contributed by atoms with Crippen molar-refractivity contribution in [2.24, 2.45) is 5.92 Å². The summed E-state index contributed by atoms with van der Waals surface area (Å²) in [6.45, 7) is 11.9. The van der Waals surface area contributed by atoms with Gasteiger partial charge in [0.05, 0.1) is 25.9 Å². The second kappa shape index (κ2) is 9.35. The van der Waals surface area contributed by atoms with Gasteiger partial charge in [-0.3, -0.25) is 4.79 Å². The molecule has 2 rings (SSSR count). The monoisotopic (exact) mass is 392 g/mol. The Hall–Kier alpha value is -1.17. The molecule has 4 nitrogen and oxygen atoms in total. The molecule has 0 spiro atoms.